The number of fused-ring (bicyclic) bond motifs is 2. The highest BCUT2D eigenvalue weighted by Crippen LogP contribution is 2.38. The van der Waals surface area contributed by atoms with Gasteiger partial charge in [-0.1, -0.05) is 42.2 Å². The monoisotopic (exact) mass is 1400 g/mol. The van der Waals surface area contributed by atoms with E-state index in [0.29, 0.717) is 65.6 Å². The van der Waals surface area contributed by atoms with Crippen LogP contribution >= 0.6 is 47.2 Å². The summed E-state index contributed by atoms with van der Waals surface area (Å²) < 4.78 is 66.8. The average molecular weight is 1410 g/mol. The van der Waals surface area contributed by atoms with Gasteiger partial charge in [-0.25, -0.2) is 31.6 Å². The van der Waals surface area contributed by atoms with Crippen LogP contribution in [0, 0.1) is 0 Å². The summed E-state index contributed by atoms with van der Waals surface area (Å²) in [6.45, 7) is 15.7. The van der Waals surface area contributed by atoms with E-state index in [-0.39, 0.29) is 78.3 Å². The van der Waals surface area contributed by atoms with E-state index in [2.05, 4.69) is 45.8 Å². The first-order chi connectivity index (χ1) is 43.3. The molecule has 25 nitrogen and oxygen atoms in total. The lowest BCUT2D eigenvalue weighted by atomic mass is 9.98. The van der Waals surface area contributed by atoms with Gasteiger partial charge in [0.25, 0.3) is 11.8 Å². The second-order valence-electron chi connectivity index (χ2n) is 25.1. The van der Waals surface area contributed by atoms with Gasteiger partial charge < -0.3 is 50.3 Å². The second kappa shape index (κ2) is 31.6. The van der Waals surface area contributed by atoms with Gasteiger partial charge in [-0.05, 0) is 147 Å². The summed E-state index contributed by atoms with van der Waals surface area (Å²) in [5.41, 5.74) is 9.08. The van der Waals surface area contributed by atoms with Crippen LogP contribution in [0.4, 0.5) is 33.6 Å². The Labute approximate surface area is 566 Å². The van der Waals surface area contributed by atoms with Crippen molar-refractivity contribution in [1.82, 2.24) is 49.6 Å². The second-order valence-corrected chi connectivity index (χ2v) is 29.8. The largest absolute Gasteiger partial charge is 0.444 e. The number of benzene rings is 2. The maximum atomic E-state index is 13.9. The number of nitrogens with zero attached hydrogens (tertiary/aromatic N) is 11. The highest BCUT2D eigenvalue weighted by atomic mass is 35.5. The normalized spacial score (nSPS) is 20.5. The molecule has 7 fully saturated rings. The van der Waals surface area contributed by atoms with Crippen molar-refractivity contribution in [2.45, 2.75) is 135 Å². The fraction of sp³-hybridized carbons (Fsp3) is 0.565. The van der Waals surface area contributed by atoms with Crippen LogP contribution < -0.4 is 40.5 Å². The van der Waals surface area contributed by atoms with E-state index in [1.807, 2.05) is 37.4 Å². The van der Waals surface area contributed by atoms with E-state index in [9.17, 15) is 31.2 Å². The number of nitrogens with one attached hydrogen (secondary N) is 4. The molecule has 0 spiro atoms. The highest BCUT2D eigenvalue weighted by Gasteiger charge is 2.36. The molecule has 3 amide bonds. The SMILES string of the molecule is C.C1CCOC1.C1CNC1.CC(C)(C)OC(=O)N[C@H]1CCN(c2cc(Cl)nc3cc([C@@H]4CCCCN4C(=O)c4cc(Cl)ccc4NS(C)(=O)=O)nn23)C1.CS(=O)(=O)Nc1ccc(Cl)cc1C(=O)N1CCCC[C@H]1c1cc2nc(N3CCC3)cc(N3CC[C@H](N)C3)n2n1.Cl. The third kappa shape index (κ3) is 19.1. The molecule has 4 aromatic heterocycles. The summed E-state index contributed by atoms with van der Waals surface area (Å²) in [6.07, 6.45) is 13.2. The molecule has 4 atom stereocenters. The van der Waals surface area contributed by atoms with Crippen LogP contribution in [0.5, 0.6) is 0 Å². The number of halogens is 4. The average Bonchev–Trinajstić information content (AvgIpc) is 1.65. The summed E-state index contributed by atoms with van der Waals surface area (Å²) in [4.78, 5) is 59.7. The number of hydrogen-bond donors (Lipinski definition) is 5. The molecule has 11 heterocycles. The molecule has 6 aromatic rings. The highest BCUT2D eigenvalue weighted by molar-refractivity contribution is 7.92. The molecule has 93 heavy (non-hydrogen) atoms. The Morgan fingerprint density at radius 1 is 0.624 bits per heavy atom. The number of hydrogen-bond acceptors (Lipinski definition) is 18. The van der Waals surface area contributed by atoms with Gasteiger partial charge in [-0.2, -0.15) is 19.2 Å². The lowest BCUT2D eigenvalue weighted by Crippen LogP contribution is -2.40. The van der Waals surface area contributed by atoms with Crippen LogP contribution in [0.2, 0.25) is 15.2 Å². The van der Waals surface area contributed by atoms with E-state index in [1.165, 1.54) is 62.7 Å². The number of ether oxygens (including phenoxy) is 2. The van der Waals surface area contributed by atoms with Gasteiger partial charge in [0.15, 0.2) is 11.3 Å². The molecule has 0 unspecified atom stereocenters. The van der Waals surface area contributed by atoms with Crippen LogP contribution in [0.3, 0.4) is 0 Å². The zero-order valence-corrected chi connectivity index (χ0v) is 57.3. The number of nitrogens with two attached hydrogens (primary N) is 1. The van der Waals surface area contributed by atoms with Crippen LogP contribution in [-0.2, 0) is 29.5 Å². The smallest absolute Gasteiger partial charge is 0.407 e. The zero-order chi connectivity index (χ0) is 64.8. The van der Waals surface area contributed by atoms with Gasteiger partial charge in [-0.3, -0.25) is 19.0 Å². The Morgan fingerprint density at radius 2 is 1.12 bits per heavy atom. The molecule has 7 aliphatic heterocycles. The quantitative estimate of drug-likeness (QED) is 0.0713. The first-order valence-corrected chi connectivity index (χ1v) is 36.2. The van der Waals surface area contributed by atoms with Gasteiger partial charge >= 0.3 is 6.09 Å². The summed E-state index contributed by atoms with van der Waals surface area (Å²) >= 11 is 18.9. The lowest BCUT2D eigenvalue weighted by molar-refractivity contribution is 0.0507. The van der Waals surface area contributed by atoms with Crippen molar-refractivity contribution in [3.63, 3.8) is 0 Å². The summed E-state index contributed by atoms with van der Waals surface area (Å²) in [6, 6.07) is 16.1. The number of aromatic nitrogens is 6. The van der Waals surface area contributed by atoms with Crippen molar-refractivity contribution in [3.05, 3.63) is 98.4 Å². The minimum Gasteiger partial charge on any atom is -0.444 e. The van der Waals surface area contributed by atoms with E-state index in [4.69, 9.17) is 65.2 Å². The fourth-order valence-electron chi connectivity index (χ4n) is 11.9. The predicted molar refractivity (Wildman–Crippen MR) is 369 cm³/mol. The van der Waals surface area contributed by atoms with Crippen molar-refractivity contribution >= 4 is 125 Å². The third-order valence-electron chi connectivity index (χ3n) is 16.5. The standard InChI is InChI=1S/C28H35Cl2N7O5S.C26H33ClN8O3S.C4H8O.C3H7N.CH4.ClH/c1-28(2,3)42-27(39)31-18-10-12-35(16-18)25-15-23(30)32-24-14-21(33-37(24)25)22-7-5-6-11-36(22)26(38)19-13-17(29)8-9-20(19)34-43(4,40)41;1-39(37,38)31-20-7-6-17(27)13-19(20)26(36)34-11-3-2-5-22(34)21-14-24-29-23(32-9-4-10-32)15-25(35(24)30-21)33-12-8-18(28)16-33;1-2-4-5-3-1;1-2-4-3-1;;/h8-9,13-15,18,22,34H,5-7,10-12,16H2,1-4H3,(H,31,39);6-7,13-15,18,22,31H,2-5,8-12,16,28H2,1H3;1-4H2;4H,1-3H2;1H4;1H/t2*18-,22-;;;;/m00..../s1. The molecule has 2 aromatic carbocycles. The molecule has 7 aliphatic rings. The molecular formula is C62H88Cl4N16O9S2. The van der Waals surface area contributed by atoms with Gasteiger partial charge in [-0.15, -0.1) is 12.4 Å². The third-order valence-corrected chi connectivity index (χ3v) is 18.4. The number of amides is 3. The summed E-state index contributed by atoms with van der Waals surface area (Å²) in [7, 11) is -7.22. The van der Waals surface area contributed by atoms with Crippen LogP contribution in [-0.4, -0.2) is 183 Å². The van der Waals surface area contributed by atoms with Crippen molar-refractivity contribution < 1.29 is 40.7 Å². The summed E-state index contributed by atoms with van der Waals surface area (Å²) in [5.74, 6) is 1.98. The molecule has 13 rings (SSSR count). The number of rotatable bonds is 12. The van der Waals surface area contributed by atoms with E-state index in [1.54, 1.807) is 26.4 Å². The Balaban J connectivity index is 0.000000206. The fourth-order valence-corrected chi connectivity index (χ4v) is 13.6. The van der Waals surface area contributed by atoms with Gasteiger partial charge in [0.2, 0.25) is 20.0 Å². The molecule has 0 radical (unpaired) electrons. The number of likely N-dealkylation sites (tertiary alicyclic amines) is 2. The molecular weight excluding hydrogens is 1320 g/mol. The maximum absolute atomic E-state index is 13.9. The van der Waals surface area contributed by atoms with Crippen molar-refractivity contribution in [3.8, 4) is 0 Å². The number of piperidine rings is 2. The van der Waals surface area contributed by atoms with Crippen LogP contribution in [0.1, 0.15) is 149 Å². The van der Waals surface area contributed by atoms with Crippen LogP contribution in [0.25, 0.3) is 11.3 Å². The molecule has 31 heteroatoms. The summed E-state index contributed by atoms with van der Waals surface area (Å²) in [5, 5.41) is 16.9. The van der Waals surface area contributed by atoms with Gasteiger partial charge in [0.1, 0.15) is 28.2 Å². The van der Waals surface area contributed by atoms with Gasteiger partial charge in [0.05, 0.1) is 64.5 Å². The first-order valence-electron chi connectivity index (χ1n) is 31.2. The Bertz CT molecular complexity index is 3810. The predicted octanol–water partition coefficient (Wildman–Crippen LogP) is 9.58. The van der Waals surface area contributed by atoms with E-state index in [0.717, 1.165) is 126 Å². The Hall–Kier alpha value is -6.17. The molecule has 510 valence electrons. The number of anilines is 5. The Kier molecular flexibility index (Phi) is 24.7. The zero-order valence-electron chi connectivity index (χ0n) is 52.6. The molecule has 6 N–H and O–H groups in total. The molecule has 0 aliphatic carbocycles. The minimum absolute atomic E-state index is 0. The van der Waals surface area contributed by atoms with E-state index >= 15 is 0 Å². The number of carbonyl (C=O) groups excluding carboxylic acids is 3. The van der Waals surface area contributed by atoms with Crippen molar-refractivity contribution in [2.24, 2.45) is 5.73 Å². The minimum atomic E-state index is -3.63. The van der Waals surface area contributed by atoms with Crippen molar-refractivity contribution in [1.29, 1.82) is 0 Å². The molecule has 0 saturated carbocycles. The van der Waals surface area contributed by atoms with Crippen LogP contribution in [0.15, 0.2) is 60.7 Å². The van der Waals surface area contributed by atoms with E-state index < -0.39 is 31.7 Å². The van der Waals surface area contributed by atoms with Gasteiger partial charge in [0, 0.05) is 106 Å². The molecule has 7 saturated heterocycles. The number of alkyl carbamates (subject to hydrolysis) is 1. The maximum Gasteiger partial charge on any atom is 0.407 e. The lowest BCUT2D eigenvalue weighted by Gasteiger charge is -2.35. The Morgan fingerprint density at radius 3 is 1.56 bits per heavy atom. The molecule has 0 bridgehead atoms. The first kappa shape index (κ1) is 72.7. The number of carbonyl (C=O) groups is 3. The number of sulfonamides is 2. The topological polar surface area (TPSA) is 289 Å². The van der Waals surface area contributed by atoms with Crippen molar-refractivity contribution in [2.75, 3.05) is 115 Å².